The van der Waals surface area contributed by atoms with E-state index in [9.17, 15) is 9.90 Å². The molecule has 2 rings (SSSR count). The van der Waals surface area contributed by atoms with E-state index in [0.29, 0.717) is 5.82 Å². The summed E-state index contributed by atoms with van der Waals surface area (Å²) in [5.74, 6) is 0.240. The van der Waals surface area contributed by atoms with Crippen molar-refractivity contribution in [3.05, 3.63) is 29.6 Å². The van der Waals surface area contributed by atoms with Crippen molar-refractivity contribution in [3.63, 3.8) is 0 Å². The largest absolute Gasteiger partial charge is 0.504 e. The summed E-state index contributed by atoms with van der Waals surface area (Å²) < 4.78 is 4.92. The Morgan fingerprint density at radius 1 is 1.50 bits per heavy atom. The highest BCUT2D eigenvalue weighted by atomic mass is 16.5. The van der Waals surface area contributed by atoms with E-state index in [2.05, 4.69) is 20.5 Å². The number of amides is 1. The van der Waals surface area contributed by atoms with Crippen molar-refractivity contribution in [2.45, 2.75) is 6.92 Å². The zero-order chi connectivity index (χ0) is 13.1. The van der Waals surface area contributed by atoms with Crippen LogP contribution in [0.2, 0.25) is 0 Å². The maximum atomic E-state index is 11.9. The van der Waals surface area contributed by atoms with Crippen LogP contribution in [-0.4, -0.2) is 33.3 Å². The van der Waals surface area contributed by atoms with Gasteiger partial charge in [0, 0.05) is 0 Å². The SMILES string of the molecule is COc1cccc(C(=O)Nc2n[nH]c(C)n2)c1O. The van der Waals surface area contributed by atoms with E-state index < -0.39 is 5.91 Å². The molecule has 0 aliphatic heterocycles. The van der Waals surface area contributed by atoms with Gasteiger partial charge in [0.15, 0.2) is 11.5 Å². The molecule has 0 aliphatic rings. The fraction of sp³-hybridized carbons (Fsp3) is 0.182. The molecule has 0 atom stereocenters. The van der Waals surface area contributed by atoms with Gasteiger partial charge >= 0.3 is 0 Å². The number of aryl methyl sites for hydroxylation is 1. The van der Waals surface area contributed by atoms with E-state index in [1.165, 1.54) is 13.2 Å². The number of rotatable bonds is 3. The number of benzene rings is 1. The molecule has 0 fully saturated rings. The average molecular weight is 248 g/mol. The number of nitrogens with zero attached hydrogens (tertiary/aromatic N) is 2. The number of hydrogen-bond donors (Lipinski definition) is 3. The van der Waals surface area contributed by atoms with Crippen LogP contribution in [-0.2, 0) is 0 Å². The molecule has 1 aromatic carbocycles. The molecule has 0 spiro atoms. The Morgan fingerprint density at radius 2 is 2.28 bits per heavy atom. The third-order valence-electron chi connectivity index (χ3n) is 2.29. The van der Waals surface area contributed by atoms with Crippen LogP contribution in [0.3, 0.4) is 0 Å². The van der Waals surface area contributed by atoms with Crippen LogP contribution >= 0.6 is 0 Å². The number of carbonyl (C=O) groups excluding carboxylic acids is 1. The molecule has 1 heterocycles. The van der Waals surface area contributed by atoms with Gasteiger partial charge in [-0.25, -0.2) is 0 Å². The van der Waals surface area contributed by atoms with E-state index in [1.54, 1.807) is 19.1 Å². The molecule has 0 aliphatic carbocycles. The second-order valence-electron chi connectivity index (χ2n) is 3.55. The zero-order valence-corrected chi connectivity index (χ0v) is 9.89. The van der Waals surface area contributed by atoms with Crippen LogP contribution in [0.15, 0.2) is 18.2 Å². The summed E-state index contributed by atoms with van der Waals surface area (Å²) in [6, 6.07) is 4.65. The van der Waals surface area contributed by atoms with Crippen LogP contribution in [0, 0.1) is 6.92 Å². The van der Waals surface area contributed by atoms with E-state index in [4.69, 9.17) is 4.74 Å². The number of aromatic nitrogens is 3. The van der Waals surface area contributed by atoms with Gasteiger partial charge in [-0.2, -0.15) is 4.98 Å². The third kappa shape index (κ3) is 2.24. The summed E-state index contributed by atoms with van der Waals surface area (Å²) in [5.41, 5.74) is 0.0943. The molecule has 0 bridgehead atoms. The molecule has 7 nitrogen and oxygen atoms in total. The number of aromatic amines is 1. The number of phenolic OH excluding ortho intramolecular Hbond substituents is 1. The normalized spacial score (nSPS) is 10.1. The fourth-order valence-electron chi connectivity index (χ4n) is 1.44. The molecule has 0 unspecified atom stereocenters. The van der Waals surface area contributed by atoms with Crippen LogP contribution in [0.4, 0.5) is 5.95 Å². The lowest BCUT2D eigenvalue weighted by Gasteiger charge is -2.07. The number of anilines is 1. The van der Waals surface area contributed by atoms with Crippen LogP contribution in [0.5, 0.6) is 11.5 Å². The van der Waals surface area contributed by atoms with Crippen molar-refractivity contribution in [3.8, 4) is 11.5 Å². The molecule has 0 saturated heterocycles. The number of carbonyl (C=O) groups is 1. The predicted octanol–water partition coefficient (Wildman–Crippen LogP) is 1.08. The number of ether oxygens (including phenoxy) is 1. The minimum atomic E-state index is -0.509. The van der Waals surface area contributed by atoms with Crippen molar-refractivity contribution in [2.75, 3.05) is 12.4 Å². The number of H-pyrrole nitrogens is 1. The van der Waals surface area contributed by atoms with E-state index in [-0.39, 0.29) is 23.0 Å². The summed E-state index contributed by atoms with van der Waals surface area (Å²) >= 11 is 0. The van der Waals surface area contributed by atoms with Crippen LogP contribution < -0.4 is 10.1 Å². The highest BCUT2D eigenvalue weighted by molar-refractivity contribution is 6.05. The summed E-state index contributed by atoms with van der Waals surface area (Å²) in [7, 11) is 1.41. The maximum Gasteiger partial charge on any atom is 0.261 e. The number of nitrogens with one attached hydrogen (secondary N) is 2. The van der Waals surface area contributed by atoms with Gasteiger partial charge < -0.3 is 9.84 Å². The second kappa shape index (κ2) is 4.74. The van der Waals surface area contributed by atoms with Crippen molar-refractivity contribution in [1.82, 2.24) is 15.2 Å². The number of aromatic hydroxyl groups is 1. The van der Waals surface area contributed by atoms with Gasteiger partial charge in [0.2, 0.25) is 5.95 Å². The molecule has 3 N–H and O–H groups in total. The van der Waals surface area contributed by atoms with E-state index >= 15 is 0 Å². The molecule has 18 heavy (non-hydrogen) atoms. The first-order valence-corrected chi connectivity index (χ1v) is 5.18. The Morgan fingerprint density at radius 3 is 2.89 bits per heavy atom. The standard InChI is InChI=1S/C11H12N4O3/c1-6-12-11(15-14-6)13-10(17)7-4-3-5-8(18-2)9(7)16/h3-5,16H,1-2H3,(H2,12,13,14,15,17). The molecular formula is C11H12N4O3. The Bertz CT molecular complexity index is 579. The molecule has 1 amide bonds. The minimum absolute atomic E-state index is 0.0943. The summed E-state index contributed by atoms with van der Waals surface area (Å²) in [4.78, 5) is 15.8. The first-order valence-electron chi connectivity index (χ1n) is 5.18. The van der Waals surface area contributed by atoms with Crippen molar-refractivity contribution in [2.24, 2.45) is 0 Å². The predicted molar refractivity (Wildman–Crippen MR) is 63.7 cm³/mol. The van der Waals surface area contributed by atoms with E-state index in [0.717, 1.165) is 0 Å². The highest BCUT2D eigenvalue weighted by Crippen LogP contribution is 2.29. The molecule has 0 radical (unpaired) electrons. The molecule has 7 heteroatoms. The Labute approximate surface area is 103 Å². The van der Waals surface area contributed by atoms with Crippen LogP contribution in [0.1, 0.15) is 16.2 Å². The first kappa shape index (κ1) is 11.9. The molecule has 2 aromatic rings. The summed E-state index contributed by atoms with van der Waals surface area (Å²) in [5, 5.41) is 18.6. The summed E-state index contributed by atoms with van der Waals surface area (Å²) in [6.07, 6.45) is 0. The number of para-hydroxylation sites is 1. The van der Waals surface area contributed by atoms with Gasteiger partial charge in [-0.1, -0.05) is 6.07 Å². The molecule has 1 aromatic heterocycles. The lowest BCUT2D eigenvalue weighted by molar-refractivity contribution is 0.102. The monoisotopic (exact) mass is 248 g/mol. The Balaban J connectivity index is 2.24. The molecular weight excluding hydrogens is 236 g/mol. The van der Waals surface area contributed by atoms with Gasteiger partial charge in [0.25, 0.3) is 5.91 Å². The van der Waals surface area contributed by atoms with Crippen molar-refractivity contribution < 1.29 is 14.6 Å². The zero-order valence-electron chi connectivity index (χ0n) is 9.89. The number of phenols is 1. The van der Waals surface area contributed by atoms with Gasteiger partial charge in [-0.15, -0.1) is 5.10 Å². The second-order valence-corrected chi connectivity index (χ2v) is 3.55. The quantitative estimate of drug-likeness (QED) is 0.754. The lowest BCUT2D eigenvalue weighted by Crippen LogP contribution is -2.13. The smallest absolute Gasteiger partial charge is 0.261 e. The van der Waals surface area contributed by atoms with E-state index in [1.807, 2.05) is 0 Å². The van der Waals surface area contributed by atoms with Gasteiger partial charge in [-0.3, -0.25) is 15.2 Å². The average Bonchev–Trinajstić information content (AvgIpc) is 2.75. The Kier molecular flexibility index (Phi) is 3.13. The molecule has 0 saturated carbocycles. The van der Waals surface area contributed by atoms with Crippen molar-refractivity contribution in [1.29, 1.82) is 0 Å². The van der Waals surface area contributed by atoms with Gasteiger partial charge in [0.1, 0.15) is 5.82 Å². The fourth-order valence-corrected chi connectivity index (χ4v) is 1.44. The number of methoxy groups -OCH3 is 1. The topological polar surface area (TPSA) is 100 Å². The minimum Gasteiger partial charge on any atom is -0.504 e. The van der Waals surface area contributed by atoms with Crippen LogP contribution in [0.25, 0.3) is 0 Å². The maximum absolute atomic E-state index is 11.9. The Hall–Kier alpha value is -2.57. The van der Waals surface area contributed by atoms with Crippen molar-refractivity contribution >= 4 is 11.9 Å². The number of hydrogen-bond acceptors (Lipinski definition) is 5. The van der Waals surface area contributed by atoms with Gasteiger partial charge in [0.05, 0.1) is 12.7 Å². The lowest BCUT2D eigenvalue weighted by atomic mass is 10.1. The molecule has 94 valence electrons. The summed E-state index contributed by atoms with van der Waals surface area (Å²) in [6.45, 7) is 1.71. The third-order valence-corrected chi connectivity index (χ3v) is 2.29. The first-order chi connectivity index (χ1) is 8.61. The highest BCUT2D eigenvalue weighted by Gasteiger charge is 2.16. The van der Waals surface area contributed by atoms with Gasteiger partial charge in [-0.05, 0) is 19.1 Å².